The zero-order valence-corrected chi connectivity index (χ0v) is 13.8. The number of H-pyrrole nitrogens is 1. The first-order chi connectivity index (χ1) is 11.3. The van der Waals surface area contributed by atoms with Gasteiger partial charge >= 0.3 is 0 Å². The predicted molar refractivity (Wildman–Crippen MR) is 94.9 cm³/mol. The summed E-state index contributed by atoms with van der Waals surface area (Å²) < 4.78 is 0. The summed E-state index contributed by atoms with van der Waals surface area (Å²) in [7, 11) is 0. The average molecular weight is 325 g/mol. The molecule has 0 saturated carbocycles. The number of hydrogen-bond acceptors (Lipinski definition) is 4. The van der Waals surface area contributed by atoms with Gasteiger partial charge in [0, 0.05) is 29.8 Å². The molecule has 23 heavy (non-hydrogen) atoms. The van der Waals surface area contributed by atoms with E-state index >= 15 is 0 Å². The number of rotatable bonds is 7. The molecule has 2 heterocycles. The lowest BCUT2D eigenvalue weighted by molar-refractivity contribution is 0.0982. The second-order valence-electron chi connectivity index (χ2n) is 5.35. The zero-order chi connectivity index (χ0) is 16.1. The fourth-order valence-corrected chi connectivity index (χ4v) is 3.18. The Balaban J connectivity index is 1.65. The molecule has 0 aliphatic heterocycles. The molecule has 0 saturated heterocycles. The Labute approximate surface area is 139 Å². The number of Topliss-reactive ketones (excluding diaryl/α,β-unsaturated/α-hetero) is 1. The summed E-state index contributed by atoms with van der Waals surface area (Å²) in [5.41, 5.74) is 3.96. The van der Waals surface area contributed by atoms with Crippen LogP contribution in [0.4, 0.5) is 5.69 Å². The number of thiophene rings is 1. The summed E-state index contributed by atoms with van der Waals surface area (Å²) in [4.78, 5) is 13.0. The minimum atomic E-state index is 0.203. The fraction of sp³-hybridized carbons (Fsp3) is 0.222. The van der Waals surface area contributed by atoms with Crippen LogP contribution >= 0.6 is 11.3 Å². The molecule has 0 unspecified atom stereocenters. The van der Waals surface area contributed by atoms with Gasteiger partial charge in [-0.25, -0.2) is 0 Å². The van der Waals surface area contributed by atoms with E-state index in [1.165, 1.54) is 4.88 Å². The topological polar surface area (TPSA) is 57.8 Å². The van der Waals surface area contributed by atoms with Crippen LogP contribution in [0.5, 0.6) is 0 Å². The number of hydrogen-bond donors (Lipinski definition) is 2. The molecule has 4 nitrogen and oxygen atoms in total. The smallest absolute Gasteiger partial charge is 0.162 e. The summed E-state index contributed by atoms with van der Waals surface area (Å²) in [6, 6.07) is 11.8. The summed E-state index contributed by atoms with van der Waals surface area (Å²) in [6.45, 7) is 2.70. The largest absolute Gasteiger partial charge is 0.381 e. The van der Waals surface area contributed by atoms with Crippen LogP contribution in [0.25, 0.3) is 10.6 Å². The van der Waals surface area contributed by atoms with E-state index in [0.717, 1.165) is 28.9 Å². The van der Waals surface area contributed by atoms with Crippen molar-refractivity contribution in [2.24, 2.45) is 0 Å². The highest BCUT2D eigenvalue weighted by Crippen LogP contribution is 2.26. The first-order valence-corrected chi connectivity index (χ1v) is 8.59. The van der Waals surface area contributed by atoms with Gasteiger partial charge in [0.2, 0.25) is 0 Å². The second kappa shape index (κ2) is 7.24. The van der Waals surface area contributed by atoms with E-state index in [1.54, 1.807) is 11.3 Å². The molecule has 0 amide bonds. The Morgan fingerprint density at radius 1 is 1.26 bits per heavy atom. The molecule has 5 heteroatoms. The van der Waals surface area contributed by atoms with Crippen molar-refractivity contribution in [3.8, 4) is 10.6 Å². The van der Waals surface area contributed by atoms with Crippen molar-refractivity contribution >= 4 is 22.8 Å². The number of nitrogens with zero attached hydrogens (tertiary/aromatic N) is 1. The van der Waals surface area contributed by atoms with Crippen molar-refractivity contribution in [2.45, 2.75) is 26.3 Å². The lowest BCUT2D eigenvalue weighted by Gasteiger charge is -2.07. The number of anilines is 1. The highest BCUT2D eigenvalue weighted by molar-refractivity contribution is 7.13. The summed E-state index contributed by atoms with van der Waals surface area (Å²) >= 11 is 1.69. The van der Waals surface area contributed by atoms with Crippen molar-refractivity contribution in [1.29, 1.82) is 0 Å². The second-order valence-corrected chi connectivity index (χ2v) is 6.30. The van der Waals surface area contributed by atoms with Crippen LogP contribution in [-0.2, 0) is 6.54 Å². The van der Waals surface area contributed by atoms with E-state index in [4.69, 9.17) is 0 Å². The molecule has 118 valence electrons. The fourth-order valence-electron chi connectivity index (χ4n) is 2.42. The van der Waals surface area contributed by atoms with Gasteiger partial charge in [-0.15, -0.1) is 11.3 Å². The van der Waals surface area contributed by atoms with E-state index in [-0.39, 0.29) is 5.78 Å². The molecule has 2 N–H and O–H groups in total. The van der Waals surface area contributed by atoms with Crippen LogP contribution < -0.4 is 5.32 Å². The van der Waals surface area contributed by atoms with E-state index in [2.05, 4.69) is 27.0 Å². The van der Waals surface area contributed by atoms with Crippen molar-refractivity contribution in [2.75, 3.05) is 5.32 Å². The standard InChI is InChI=1S/C18H19N3OS/c1-2-4-16(22)13-6-8-15(9-7-13)19-11-14-12-20-21-18(14)17-5-3-10-23-17/h3,5-10,12,19H,2,4,11H2,1H3,(H,20,21). The summed E-state index contributed by atoms with van der Waals surface area (Å²) in [5.74, 6) is 0.203. The van der Waals surface area contributed by atoms with Gasteiger partial charge in [-0.1, -0.05) is 13.0 Å². The molecule has 0 fully saturated rings. The number of carbonyl (C=O) groups excluding carboxylic acids is 1. The molecule has 0 atom stereocenters. The Bertz CT molecular complexity index is 760. The van der Waals surface area contributed by atoms with Gasteiger partial charge in [-0.05, 0) is 42.1 Å². The molecule has 2 aromatic heterocycles. The summed E-state index contributed by atoms with van der Waals surface area (Å²) in [6.07, 6.45) is 3.33. The van der Waals surface area contributed by atoms with Crippen LogP contribution in [0.2, 0.25) is 0 Å². The van der Waals surface area contributed by atoms with Crippen molar-refractivity contribution in [3.63, 3.8) is 0 Å². The first kappa shape index (κ1) is 15.5. The Kier molecular flexibility index (Phi) is 4.88. The molecular weight excluding hydrogens is 306 g/mol. The van der Waals surface area contributed by atoms with E-state index in [0.29, 0.717) is 13.0 Å². The zero-order valence-electron chi connectivity index (χ0n) is 13.0. The third-order valence-corrected chi connectivity index (χ3v) is 4.54. The van der Waals surface area contributed by atoms with Crippen LogP contribution in [-0.4, -0.2) is 16.0 Å². The third-order valence-electron chi connectivity index (χ3n) is 3.65. The first-order valence-electron chi connectivity index (χ1n) is 7.71. The number of aromatic nitrogens is 2. The van der Waals surface area contributed by atoms with Crippen molar-refractivity contribution in [1.82, 2.24) is 10.2 Å². The molecule has 0 spiro atoms. The number of carbonyl (C=O) groups is 1. The minimum absolute atomic E-state index is 0.203. The average Bonchev–Trinajstić information content (AvgIpc) is 3.24. The molecule has 0 radical (unpaired) electrons. The van der Waals surface area contributed by atoms with E-state index < -0.39 is 0 Å². The molecule has 0 aliphatic rings. The lowest BCUT2D eigenvalue weighted by Crippen LogP contribution is -2.01. The van der Waals surface area contributed by atoms with Crippen molar-refractivity contribution < 1.29 is 4.79 Å². The van der Waals surface area contributed by atoms with Gasteiger partial charge in [0.1, 0.15) is 0 Å². The van der Waals surface area contributed by atoms with Gasteiger partial charge in [-0.3, -0.25) is 9.89 Å². The Hall–Kier alpha value is -2.40. The number of nitrogens with one attached hydrogen (secondary N) is 2. The van der Waals surface area contributed by atoms with E-state index in [1.807, 2.05) is 43.5 Å². The lowest BCUT2D eigenvalue weighted by atomic mass is 10.1. The third kappa shape index (κ3) is 3.68. The Morgan fingerprint density at radius 2 is 2.09 bits per heavy atom. The SMILES string of the molecule is CCCC(=O)c1ccc(NCc2cn[nH]c2-c2cccs2)cc1. The maximum Gasteiger partial charge on any atom is 0.162 e. The molecule has 1 aromatic carbocycles. The van der Waals surface area contributed by atoms with Crippen LogP contribution in [0.1, 0.15) is 35.7 Å². The molecule has 3 aromatic rings. The van der Waals surface area contributed by atoms with Crippen LogP contribution in [0.15, 0.2) is 48.0 Å². The van der Waals surface area contributed by atoms with Gasteiger partial charge in [0.15, 0.2) is 5.78 Å². The number of aromatic amines is 1. The van der Waals surface area contributed by atoms with Crippen molar-refractivity contribution in [3.05, 3.63) is 59.1 Å². The minimum Gasteiger partial charge on any atom is -0.381 e. The maximum absolute atomic E-state index is 11.8. The van der Waals surface area contributed by atoms with Crippen LogP contribution in [0.3, 0.4) is 0 Å². The maximum atomic E-state index is 11.8. The van der Waals surface area contributed by atoms with Gasteiger partial charge in [0.05, 0.1) is 16.8 Å². The van der Waals surface area contributed by atoms with Gasteiger partial charge in [0.25, 0.3) is 0 Å². The normalized spacial score (nSPS) is 10.7. The highest BCUT2D eigenvalue weighted by Gasteiger charge is 2.09. The highest BCUT2D eigenvalue weighted by atomic mass is 32.1. The van der Waals surface area contributed by atoms with E-state index in [9.17, 15) is 4.79 Å². The number of ketones is 1. The number of benzene rings is 1. The summed E-state index contributed by atoms with van der Waals surface area (Å²) in [5, 5.41) is 12.6. The molecular formula is C18H19N3OS. The molecule has 0 aliphatic carbocycles. The quantitative estimate of drug-likeness (QED) is 0.617. The van der Waals surface area contributed by atoms with Gasteiger partial charge < -0.3 is 5.32 Å². The monoisotopic (exact) mass is 325 g/mol. The van der Waals surface area contributed by atoms with Crippen LogP contribution in [0, 0.1) is 0 Å². The molecule has 3 rings (SSSR count). The molecule has 0 bridgehead atoms. The van der Waals surface area contributed by atoms with Gasteiger partial charge in [-0.2, -0.15) is 5.10 Å². The Morgan fingerprint density at radius 3 is 2.78 bits per heavy atom. The predicted octanol–water partition coefficient (Wildman–Crippen LogP) is 4.73.